The standard InChI is InChI=1S/C16H17N3O/c1-2-3-10-20-13-8-9-18-15-14(13)11-6-4-5-7-12(11)19-16(15)17/h4-9H,2-3,10H2,1H3,(H2,17,19). The Hall–Kier alpha value is -2.36. The third-order valence-corrected chi connectivity index (χ3v) is 3.33. The number of fused-ring (bicyclic) bond motifs is 3. The van der Waals surface area contributed by atoms with Crippen LogP contribution in [0, 0.1) is 0 Å². The van der Waals surface area contributed by atoms with Crippen LogP contribution in [-0.4, -0.2) is 16.6 Å². The first-order valence-electron chi connectivity index (χ1n) is 6.87. The maximum atomic E-state index is 6.02. The van der Waals surface area contributed by atoms with Crippen LogP contribution in [0.1, 0.15) is 19.8 Å². The van der Waals surface area contributed by atoms with Crippen molar-refractivity contribution in [2.45, 2.75) is 19.8 Å². The minimum Gasteiger partial charge on any atom is -0.493 e. The molecule has 0 saturated heterocycles. The van der Waals surface area contributed by atoms with Crippen LogP contribution in [0.15, 0.2) is 36.5 Å². The maximum absolute atomic E-state index is 6.02. The van der Waals surface area contributed by atoms with Crippen molar-refractivity contribution >= 4 is 27.6 Å². The van der Waals surface area contributed by atoms with Gasteiger partial charge in [0.25, 0.3) is 0 Å². The molecular formula is C16H17N3O. The highest BCUT2D eigenvalue weighted by molar-refractivity contribution is 6.10. The van der Waals surface area contributed by atoms with Crippen molar-refractivity contribution < 1.29 is 4.74 Å². The van der Waals surface area contributed by atoms with Crippen molar-refractivity contribution in [1.29, 1.82) is 0 Å². The van der Waals surface area contributed by atoms with Gasteiger partial charge in [0.05, 0.1) is 17.5 Å². The van der Waals surface area contributed by atoms with Crippen LogP contribution in [0.4, 0.5) is 5.82 Å². The fraction of sp³-hybridized carbons (Fsp3) is 0.250. The summed E-state index contributed by atoms with van der Waals surface area (Å²) < 4.78 is 5.90. The predicted molar refractivity (Wildman–Crippen MR) is 81.9 cm³/mol. The second-order valence-electron chi connectivity index (χ2n) is 4.75. The number of para-hydroxylation sites is 1. The van der Waals surface area contributed by atoms with Gasteiger partial charge in [-0.3, -0.25) is 4.98 Å². The summed E-state index contributed by atoms with van der Waals surface area (Å²) in [5.74, 6) is 1.27. The molecule has 4 nitrogen and oxygen atoms in total. The van der Waals surface area contributed by atoms with Gasteiger partial charge in [-0.2, -0.15) is 0 Å². The number of nitrogens with two attached hydrogens (primary N) is 1. The number of ether oxygens (including phenoxy) is 1. The Bertz CT molecular complexity index is 755. The van der Waals surface area contributed by atoms with Crippen molar-refractivity contribution in [1.82, 2.24) is 9.97 Å². The van der Waals surface area contributed by atoms with Gasteiger partial charge in [0, 0.05) is 11.6 Å². The molecule has 1 aromatic carbocycles. The largest absolute Gasteiger partial charge is 0.493 e. The normalized spacial score (nSPS) is 11.1. The van der Waals surface area contributed by atoms with Gasteiger partial charge in [-0.15, -0.1) is 0 Å². The zero-order chi connectivity index (χ0) is 13.9. The molecule has 0 aliphatic heterocycles. The van der Waals surface area contributed by atoms with Gasteiger partial charge in [-0.05, 0) is 18.6 Å². The predicted octanol–water partition coefficient (Wildman–Crippen LogP) is 3.54. The van der Waals surface area contributed by atoms with Crippen molar-refractivity contribution in [3.8, 4) is 5.75 Å². The monoisotopic (exact) mass is 267 g/mol. The molecule has 0 aliphatic carbocycles. The average molecular weight is 267 g/mol. The first-order valence-corrected chi connectivity index (χ1v) is 6.87. The fourth-order valence-electron chi connectivity index (χ4n) is 2.31. The summed E-state index contributed by atoms with van der Waals surface area (Å²) >= 11 is 0. The maximum Gasteiger partial charge on any atom is 0.150 e. The quantitative estimate of drug-likeness (QED) is 0.580. The molecule has 2 aromatic heterocycles. The smallest absolute Gasteiger partial charge is 0.150 e. The molecule has 3 rings (SSSR count). The molecular weight excluding hydrogens is 250 g/mol. The Morgan fingerprint density at radius 3 is 2.90 bits per heavy atom. The van der Waals surface area contributed by atoms with Gasteiger partial charge < -0.3 is 10.5 Å². The number of pyridine rings is 2. The van der Waals surface area contributed by atoms with E-state index in [9.17, 15) is 0 Å². The number of aromatic nitrogens is 2. The summed E-state index contributed by atoms with van der Waals surface area (Å²) in [6.45, 7) is 2.84. The van der Waals surface area contributed by atoms with Crippen LogP contribution in [0.3, 0.4) is 0 Å². The number of anilines is 1. The van der Waals surface area contributed by atoms with Gasteiger partial charge in [0.15, 0.2) is 5.82 Å². The highest BCUT2D eigenvalue weighted by Gasteiger charge is 2.11. The Kier molecular flexibility index (Phi) is 3.37. The van der Waals surface area contributed by atoms with E-state index in [1.165, 1.54) is 0 Å². The molecule has 0 saturated carbocycles. The molecule has 102 valence electrons. The number of rotatable bonds is 4. The summed E-state index contributed by atoms with van der Waals surface area (Å²) in [6.07, 6.45) is 3.85. The van der Waals surface area contributed by atoms with Crippen molar-refractivity contribution in [3.63, 3.8) is 0 Å². The molecule has 3 aromatic rings. The summed E-state index contributed by atoms with van der Waals surface area (Å²) in [5.41, 5.74) is 7.59. The molecule has 0 fully saturated rings. The molecule has 20 heavy (non-hydrogen) atoms. The highest BCUT2D eigenvalue weighted by atomic mass is 16.5. The van der Waals surface area contributed by atoms with Gasteiger partial charge >= 0.3 is 0 Å². The molecule has 0 atom stereocenters. The lowest BCUT2D eigenvalue weighted by atomic mass is 10.1. The van der Waals surface area contributed by atoms with Crippen LogP contribution in [-0.2, 0) is 0 Å². The van der Waals surface area contributed by atoms with E-state index in [0.29, 0.717) is 17.9 Å². The third-order valence-electron chi connectivity index (χ3n) is 3.33. The summed E-state index contributed by atoms with van der Waals surface area (Å²) in [6, 6.07) is 9.81. The average Bonchev–Trinajstić information content (AvgIpc) is 2.48. The number of nitrogen functional groups attached to an aromatic ring is 1. The fourth-order valence-corrected chi connectivity index (χ4v) is 2.31. The van der Waals surface area contributed by atoms with Crippen LogP contribution in [0.25, 0.3) is 21.8 Å². The van der Waals surface area contributed by atoms with Gasteiger partial charge in [0.2, 0.25) is 0 Å². The highest BCUT2D eigenvalue weighted by Crippen LogP contribution is 2.33. The van der Waals surface area contributed by atoms with E-state index in [1.54, 1.807) is 6.20 Å². The van der Waals surface area contributed by atoms with Crippen LogP contribution < -0.4 is 10.5 Å². The topological polar surface area (TPSA) is 61.0 Å². The minimum atomic E-state index is 0.444. The Morgan fingerprint density at radius 2 is 2.05 bits per heavy atom. The molecule has 0 radical (unpaired) electrons. The van der Waals surface area contributed by atoms with Crippen molar-refractivity contribution in [3.05, 3.63) is 36.5 Å². The number of hydrogen-bond acceptors (Lipinski definition) is 4. The minimum absolute atomic E-state index is 0.444. The number of benzene rings is 1. The molecule has 4 heteroatoms. The van der Waals surface area contributed by atoms with Crippen LogP contribution >= 0.6 is 0 Å². The van der Waals surface area contributed by atoms with E-state index in [2.05, 4.69) is 16.9 Å². The summed E-state index contributed by atoms with van der Waals surface area (Å²) in [4.78, 5) is 8.75. The molecule has 0 spiro atoms. The van der Waals surface area contributed by atoms with Crippen LogP contribution in [0.5, 0.6) is 5.75 Å². The Balaban J connectivity index is 2.24. The zero-order valence-electron chi connectivity index (χ0n) is 11.5. The van der Waals surface area contributed by atoms with Gasteiger partial charge in [-0.25, -0.2) is 4.98 Å². The van der Waals surface area contributed by atoms with E-state index in [-0.39, 0.29) is 0 Å². The van der Waals surface area contributed by atoms with E-state index in [0.717, 1.165) is 34.9 Å². The Morgan fingerprint density at radius 1 is 1.20 bits per heavy atom. The van der Waals surface area contributed by atoms with E-state index >= 15 is 0 Å². The van der Waals surface area contributed by atoms with Gasteiger partial charge in [0.1, 0.15) is 11.3 Å². The van der Waals surface area contributed by atoms with Crippen molar-refractivity contribution in [2.24, 2.45) is 0 Å². The second-order valence-corrected chi connectivity index (χ2v) is 4.75. The van der Waals surface area contributed by atoms with E-state index in [4.69, 9.17) is 10.5 Å². The lowest BCUT2D eigenvalue weighted by Gasteiger charge is -2.11. The molecule has 0 amide bonds. The molecule has 2 heterocycles. The summed E-state index contributed by atoms with van der Waals surface area (Å²) in [5, 5.41) is 1.98. The summed E-state index contributed by atoms with van der Waals surface area (Å²) in [7, 11) is 0. The lowest BCUT2D eigenvalue weighted by Crippen LogP contribution is -2.00. The van der Waals surface area contributed by atoms with Gasteiger partial charge in [-0.1, -0.05) is 31.5 Å². The first kappa shape index (κ1) is 12.7. The molecule has 2 N–H and O–H groups in total. The zero-order valence-corrected chi connectivity index (χ0v) is 11.5. The molecule has 0 aliphatic rings. The second kappa shape index (κ2) is 5.33. The van der Waals surface area contributed by atoms with Crippen LogP contribution in [0.2, 0.25) is 0 Å². The molecule has 0 unspecified atom stereocenters. The SMILES string of the molecule is CCCCOc1ccnc2c(N)nc3ccccc3c12. The van der Waals surface area contributed by atoms with E-state index in [1.807, 2.05) is 30.3 Å². The van der Waals surface area contributed by atoms with Crippen molar-refractivity contribution in [2.75, 3.05) is 12.3 Å². The first-order chi connectivity index (χ1) is 9.81. The van der Waals surface area contributed by atoms with E-state index < -0.39 is 0 Å². The molecule has 0 bridgehead atoms. The Labute approximate surface area is 117 Å². The third kappa shape index (κ3) is 2.13. The number of unbranched alkanes of at least 4 members (excludes halogenated alkanes) is 1. The number of hydrogen-bond donors (Lipinski definition) is 1. The lowest BCUT2D eigenvalue weighted by molar-refractivity contribution is 0.313. The number of nitrogens with zero attached hydrogens (tertiary/aromatic N) is 2.